The third-order valence-corrected chi connectivity index (χ3v) is 5.16. The van der Waals surface area contributed by atoms with Crippen molar-refractivity contribution in [2.24, 2.45) is 11.8 Å². The van der Waals surface area contributed by atoms with Crippen LogP contribution >= 0.6 is 0 Å². The van der Waals surface area contributed by atoms with Gasteiger partial charge in [0.1, 0.15) is 5.76 Å². The molecule has 1 N–H and O–H groups in total. The van der Waals surface area contributed by atoms with E-state index >= 15 is 0 Å². The minimum absolute atomic E-state index is 0.134. The summed E-state index contributed by atoms with van der Waals surface area (Å²) in [5.41, 5.74) is 1.79. The lowest BCUT2D eigenvalue weighted by Crippen LogP contribution is -2.37. The van der Waals surface area contributed by atoms with Gasteiger partial charge in [0.05, 0.1) is 31.8 Å². The molecule has 29 heavy (non-hydrogen) atoms. The van der Waals surface area contributed by atoms with E-state index in [1.807, 2.05) is 0 Å². The maximum Gasteiger partial charge on any atom is 0.411 e. The Balaban J connectivity index is 1.98. The Morgan fingerprint density at radius 1 is 1.24 bits per heavy atom. The number of carbonyl (C=O) groups is 2. The first-order valence-electron chi connectivity index (χ1n) is 9.19. The number of esters is 2. The standard InChI is InChI=1S/C21H24FNO6/c1-6-9-21(22)28-14-8-7-13(10-15(14)29-21)18-16(19(24)26-4)11(2)23-12(3)17(18)20(25)27-5/h6-8,13,18,23H,1,9-10H2,2-5H3. The van der Waals surface area contributed by atoms with Gasteiger partial charge < -0.3 is 24.3 Å². The Morgan fingerprint density at radius 2 is 1.83 bits per heavy atom. The minimum Gasteiger partial charge on any atom is -0.466 e. The van der Waals surface area contributed by atoms with Crippen LogP contribution in [0, 0.1) is 11.8 Å². The fourth-order valence-corrected chi connectivity index (χ4v) is 3.96. The number of hydrogen-bond donors (Lipinski definition) is 1. The topological polar surface area (TPSA) is 83.1 Å². The van der Waals surface area contributed by atoms with Crippen LogP contribution in [0.4, 0.5) is 4.39 Å². The van der Waals surface area contributed by atoms with Gasteiger partial charge in [-0.15, -0.1) is 6.58 Å². The molecule has 0 bridgehead atoms. The van der Waals surface area contributed by atoms with E-state index in [0.29, 0.717) is 34.1 Å². The Labute approximate surface area is 168 Å². The number of dihydropyridines is 1. The summed E-state index contributed by atoms with van der Waals surface area (Å²) in [6.45, 7) is 6.98. The highest BCUT2D eigenvalue weighted by Gasteiger charge is 2.47. The number of allylic oxidation sites excluding steroid dienone is 5. The predicted molar refractivity (Wildman–Crippen MR) is 101 cm³/mol. The summed E-state index contributed by atoms with van der Waals surface area (Å²) in [4.78, 5) is 25.1. The van der Waals surface area contributed by atoms with Crippen molar-refractivity contribution in [2.75, 3.05) is 14.2 Å². The molecule has 0 saturated heterocycles. The molecule has 0 amide bonds. The van der Waals surface area contributed by atoms with E-state index in [2.05, 4.69) is 11.9 Å². The second kappa shape index (κ2) is 7.77. The van der Waals surface area contributed by atoms with Crippen molar-refractivity contribution in [2.45, 2.75) is 32.7 Å². The van der Waals surface area contributed by atoms with E-state index in [-0.39, 0.29) is 18.8 Å². The van der Waals surface area contributed by atoms with Crippen molar-refractivity contribution in [3.05, 3.63) is 58.9 Å². The molecule has 0 fully saturated rings. The molecule has 0 saturated carbocycles. The summed E-state index contributed by atoms with van der Waals surface area (Å²) in [5.74, 6) is -1.53. The zero-order valence-corrected chi connectivity index (χ0v) is 16.8. The zero-order valence-electron chi connectivity index (χ0n) is 16.8. The highest BCUT2D eigenvalue weighted by atomic mass is 19.2. The van der Waals surface area contributed by atoms with Crippen LogP contribution in [-0.2, 0) is 28.5 Å². The Kier molecular flexibility index (Phi) is 5.55. The number of halogens is 1. The largest absolute Gasteiger partial charge is 0.466 e. The van der Waals surface area contributed by atoms with Gasteiger partial charge >= 0.3 is 18.0 Å². The average Bonchev–Trinajstić information content (AvgIpc) is 3.01. The van der Waals surface area contributed by atoms with Gasteiger partial charge in [-0.25, -0.2) is 9.59 Å². The van der Waals surface area contributed by atoms with Gasteiger partial charge in [0.25, 0.3) is 0 Å². The fraction of sp³-hybridized carbons (Fsp3) is 0.429. The minimum atomic E-state index is -2.30. The maximum atomic E-state index is 14.7. The third kappa shape index (κ3) is 3.66. The van der Waals surface area contributed by atoms with Crippen molar-refractivity contribution >= 4 is 11.9 Å². The lowest BCUT2D eigenvalue weighted by atomic mass is 9.74. The molecule has 0 radical (unpaired) electrons. The van der Waals surface area contributed by atoms with Gasteiger partial charge in [0.2, 0.25) is 0 Å². The highest BCUT2D eigenvalue weighted by molar-refractivity contribution is 5.98. The van der Waals surface area contributed by atoms with Gasteiger partial charge in [0, 0.05) is 23.7 Å². The van der Waals surface area contributed by atoms with Crippen LogP contribution in [0.25, 0.3) is 0 Å². The fourth-order valence-electron chi connectivity index (χ4n) is 3.96. The highest BCUT2D eigenvalue weighted by Crippen LogP contribution is 2.46. The molecule has 2 aliphatic heterocycles. The summed E-state index contributed by atoms with van der Waals surface area (Å²) < 4.78 is 35.2. The number of rotatable bonds is 5. The van der Waals surface area contributed by atoms with Crippen molar-refractivity contribution in [1.29, 1.82) is 0 Å². The quantitative estimate of drug-likeness (QED) is 0.556. The molecule has 2 unspecified atom stereocenters. The smallest absolute Gasteiger partial charge is 0.411 e. The molecule has 3 aliphatic rings. The molecule has 0 aromatic rings. The zero-order chi connectivity index (χ0) is 21.3. The molecule has 0 spiro atoms. The molecular formula is C21H24FNO6. The van der Waals surface area contributed by atoms with Crippen LogP contribution in [0.5, 0.6) is 0 Å². The molecule has 0 aromatic heterocycles. The number of ether oxygens (including phenoxy) is 4. The first-order chi connectivity index (χ1) is 13.7. The third-order valence-electron chi connectivity index (χ3n) is 5.16. The number of methoxy groups -OCH3 is 2. The van der Waals surface area contributed by atoms with Crippen LogP contribution in [0.2, 0.25) is 0 Å². The van der Waals surface area contributed by atoms with E-state index in [4.69, 9.17) is 18.9 Å². The van der Waals surface area contributed by atoms with Crippen LogP contribution in [0.15, 0.2) is 58.9 Å². The van der Waals surface area contributed by atoms with E-state index in [1.54, 1.807) is 26.0 Å². The lowest BCUT2D eigenvalue weighted by molar-refractivity contribution is -0.246. The average molecular weight is 405 g/mol. The van der Waals surface area contributed by atoms with E-state index in [1.165, 1.54) is 20.3 Å². The molecule has 2 heterocycles. The first-order valence-corrected chi connectivity index (χ1v) is 9.19. The summed E-state index contributed by atoms with van der Waals surface area (Å²) >= 11 is 0. The van der Waals surface area contributed by atoms with Crippen molar-refractivity contribution < 1.29 is 32.9 Å². The van der Waals surface area contributed by atoms with Crippen molar-refractivity contribution in [3.63, 3.8) is 0 Å². The first kappa shape index (κ1) is 20.7. The molecule has 0 aromatic carbocycles. The predicted octanol–water partition coefficient (Wildman–Crippen LogP) is 3.13. The van der Waals surface area contributed by atoms with Crippen LogP contribution in [-0.4, -0.2) is 32.2 Å². The Hall–Kier alpha value is -3.03. The molecule has 8 heteroatoms. The molecule has 7 nitrogen and oxygen atoms in total. The molecule has 2 atom stereocenters. The van der Waals surface area contributed by atoms with Crippen molar-refractivity contribution in [1.82, 2.24) is 5.32 Å². The van der Waals surface area contributed by atoms with E-state index in [9.17, 15) is 14.0 Å². The number of nitrogens with one attached hydrogen (secondary N) is 1. The van der Waals surface area contributed by atoms with Gasteiger partial charge in [-0.05, 0) is 25.8 Å². The van der Waals surface area contributed by atoms with E-state index in [0.717, 1.165) is 0 Å². The molecule has 3 rings (SSSR count). The molecule has 1 aliphatic carbocycles. The van der Waals surface area contributed by atoms with Crippen LogP contribution in [0.3, 0.4) is 0 Å². The van der Waals surface area contributed by atoms with Gasteiger partial charge in [-0.1, -0.05) is 12.2 Å². The van der Waals surface area contributed by atoms with Gasteiger partial charge in [0.15, 0.2) is 5.76 Å². The van der Waals surface area contributed by atoms with Gasteiger partial charge in [-0.3, -0.25) is 0 Å². The number of carbonyl (C=O) groups excluding carboxylic acids is 2. The Morgan fingerprint density at radius 3 is 2.34 bits per heavy atom. The van der Waals surface area contributed by atoms with E-state index < -0.39 is 23.9 Å². The summed E-state index contributed by atoms with van der Waals surface area (Å²) in [6.07, 6.45) is 4.86. The Bertz CT molecular complexity index is 846. The van der Waals surface area contributed by atoms with Crippen LogP contribution in [0.1, 0.15) is 26.7 Å². The second-order valence-corrected chi connectivity index (χ2v) is 7.03. The normalized spacial score (nSPS) is 26.4. The van der Waals surface area contributed by atoms with Gasteiger partial charge in [-0.2, -0.15) is 4.39 Å². The molecular weight excluding hydrogens is 381 g/mol. The maximum absolute atomic E-state index is 14.7. The number of hydrogen-bond acceptors (Lipinski definition) is 7. The lowest BCUT2D eigenvalue weighted by Gasteiger charge is -2.34. The molecule has 156 valence electrons. The summed E-state index contributed by atoms with van der Waals surface area (Å²) in [6, 6.07) is -2.30. The van der Waals surface area contributed by atoms with Crippen LogP contribution < -0.4 is 5.32 Å². The number of alkyl halides is 1. The summed E-state index contributed by atoms with van der Waals surface area (Å²) in [7, 11) is 2.56. The second-order valence-electron chi connectivity index (χ2n) is 7.03. The van der Waals surface area contributed by atoms with Crippen molar-refractivity contribution in [3.8, 4) is 0 Å². The summed E-state index contributed by atoms with van der Waals surface area (Å²) in [5, 5.41) is 3.05. The SMILES string of the molecule is C=CCC1(F)OC2=C(CC(C3C(C(=O)OC)=C(C)NC(C)=C3C(=O)OC)C=C2)O1. The monoisotopic (exact) mass is 405 g/mol.